The summed E-state index contributed by atoms with van der Waals surface area (Å²) in [6.45, 7) is 7.03. The van der Waals surface area contributed by atoms with E-state index in [1.54, 1.807) is 11.9 Å². The Labute approximate surface area is 102 Å². The van der Waals surface area contributed by atoms with Crippen LogP contribution < -0.4 is 0 Å². The molecule has 2 amide bonds. The first-order valence-corrected chi connectivity index (χ1v) is 5.94. The van der Waals surface area contributed by atoms with Crippen LogP contribution in [0.25, 0.3) is 0 Å². The van der Waals surface area contributed by atoms with E-state index in [0.29, 0.717) is 19.5 Å². The summed E-state index contributed by atoms with van der Waals surface area (Å²) in [6.07, 6.45) is 0.329. The predicted molar refractivity (Wildman–Crippen MR) is 64.8 cm³/mol. The van der Waals surface area contributed by atoms with Gasteiger partial charge in [0, 0.05) is 26.6 Å². The zero-order valence-electron chi connectivity index (χ0n) is 11.1. The number of amides is 2. The first kappa shape index (κ1) is 13.8. The zero-order valence-corrected chi connectivity index (χ0v) is 11.1. The molecule has 5 nitrogen and oxygen atoms in total. The average molecular weight is 242 g/mol. The van der Waals surface area contributed by atoms with Crippen LogP contribution in [-0.2, 0) is 4.79 Å². The molecule has 98 valence electrons. The lowest BCUT2D eigenvalue weighted by Crippen LogP contribution is -2.41. The summed E-state index contributed by atoms with van der Waals surface area (Å²) in [6, 6.07) is 0.0287. The molecule has 1 heterocycles. The minimum Gasteiger partial charge on any atom is -0.465 e. The monoisotopic (exact) mass is 242 g/mol. The highest BCUT2D eigenvalue weighted by Crippen LogP contribution is 2.22. The van der Waals surface area contributed by atoms with Crippen molar-refractivity contribution in [1.29, 1.82) is 0 Å². The van der Waals surface area contributed by atoms with E-state index in [1.165, 1.54) is 4.90 Å². The number of hydrogen-bond donors (Lipinski definition) is 1. The molecule has 0 aromatic rings. The van der Waals surface area contributed by atoms with Gasteiger partial charge in [-0.2, -0.15) is 0 Å². The highest BCUT2D eigenvalue weighted by atomic mass is 16.4. The molecule has 1 atom stereocenters. The highest BCUT2D eigenvalue weighted by molar-refractivity contribution is 5.77. The number of likely N-dealkylation sites (N-methyl/N-ethyl adjacent to an activating group) is 1. The summed E-state index contributed by atoms with van der Waals surface area (Å²) >= 11 is 0. The topological polar surface area (TPSA) is 60.9 Å². The first-order valence-electron chi connectivity index (χ1n) is 5.94. The number of carboxylic acid groups (broad SMARTS) is 1. The summed E-state index contributed by atoms with van der Waals surface area (Å²) in [7, 11) is 1.77. The van der Waals surface area contributed by atoms with Gasteiger partial charge in [-0.1, -0.05) is 20.8 Å². The van der Waals surface area contributed by atoms with E-state index in [4.69, 9.17) is 5.11 Å². The van der Waals surface area contributed by atoms with Gasteiger partial charge in [0.25, 0.3) is 0 Å². The fraction of sp³-hybridized carbons (Fsp3) is 0.833. The maximum absolute atomic E-state index is 12.0. The van der Waals surface area contributed by atoms with Gasteiger partial charge in [-0.25, -0.2) is 4.79 Å². The number of rotatable bonds is 2. The minimum absolute atomic E-state index is 0.0287. The highest BCUT2D eigenvalue weighted by Gasteiger charge is 2.31. The van der Waals surface area contributed by atoms with Gasteiger partial charge in [-0.05, 0) is 11.8 Å². The van der Waals surface area contributed by atoms with Gasteiger partial charge in [0.1, 0.15) is 0 Å². The van der Waals surface area contributed by atoms with E-state index >= 15 is 0 Å². The Balaban J connectivity index is 2.52. The average Bonchev–Trinajstić information content (AvgIpc) is 2.62. The van der Waals surface area contributed by atoms with E-state index in [0.717, 1.165) is 6.42 Å². The molecule has 0 saturated carbocycles. The molecule has 1 rings (SSSR count). The lowest BCUT2D eigenvalue weighted by atomic mass is 9.91. The van der Waals surface area contributed by atoms with Crippen LogP contribution in [0.3, 0.4) is 0 Å². The summed E-state index contributed by atoms with van der Waals surface area (Å²) in [5.41, 5.74) is -0.0313. The van der Waals surface area contributed by atoms with Crippen molar-refractivity contribution in [1.82, 2.24) is 9.80 Å². The van der Waals surface area contributed by atoms with Gasteiger partial charge in [0.15, 0.2) is 0 Å². The Hall–Kier alpha value is -1.26. The summed E-state index contributed by atoms with van der Waals surface area (Å²) in [5, 5.41) is 8.86. The fourth-order valence-corrected chi connectivity index (χ4v) is 2.01. The van der Waals surface area contributed by atoms with E-state index in [1.807, 2.05) is 20.8 Å². The van der Waals surface area contributed by atoms with Crippen molar-refractivity contribution in [2.45, 2.75) is 39.7 Å². The van der Waals surface area contributed by atoms with Crippen molar-refractivity contribution in [3.05, 3.63) is 0 Å². The van der Waals surface area contributed by atoms with Crippen LogP contribution in [0.2, 0.25) is 0 Å². The van der Waals surface area contributed by atoms with E-state index in [-0.39, 0.29) is 17.4 Å². The maximum Gasteiger partial charge on any atom is 0.407 e. The lowest BCUT2D eigenvalue weighted by Gasteiger charge is -2.27. The second kappa shape index (κ2) is 4.94. The molecule has 0 bridgehead atoms. The second-order valence-electron chi connectivity index (χ2n) is 5.91. The smallest absolute Gasteiger partial charge is 0.407 e. The third-order valence-electron chi connectivity index (χ3n) is 3.06. The Bertz CT molecular complexity index is 309. The number of likely N-dealkylation sites (tertiary alicyclic amines) is 1. The van der Waals surface area contributed by atoms with Gasteiger partial charge in [-0.3, -0.25) is 4.79 Å². The molecule has 1 fully saturated rings. The van der Waals surface area contributed by atoms with Crippen LogP contribution in [0.1, 0.15) is 33.6 Å². The first-order chi connectivity index (χ1) is 7.70. The quantitative estimate of drug-likeness (QED) is 0.800. The molecule has 1 N–H and O–H groups in total. The van der Waals surface area contributed by atoms with Crippen molar-refractivity contribution < 1.29 is 14.7 Å². The fourth-order valence-electron chi connectivity index (χ4n) is 2.01. The molecule has 1 unspecified atom stereocenters. The molecular formula is C12H22N2O3. The Morgan fingerprint density at radius 3 is 2.41 bits per heavy atom. The van der Waals surface area contributed by atoms with E-state index in [9.17, 15) is 9.59 Å². The van der Waals surface area contributed by atoms with Gasteiger partial charge < -0.3 is 14.9 Å². The largest absolute Gasteiger partial charge is 0.465 e. The van der Waals surface area contributed by atoms with Crippen molar-refractivity contribution in [2.24, 2.45) is 5.41 Å². The van der Waals surface area contributed by atoms with Crippen LogP contribution in [0.4, 0.5) is 4.79 Å². The number of hydrogen-bond acceptors (Lipinski definition) is 2. The molecule has 1 aliphatic heterocycles. The third-order valence-corrected chi connectivity index (χ3v) is 3.06. The van der Waals surface area contributed by atoms with Crippen LogP contribution in [0.15, 0.2) is 0 Å². The van der Waals surface area contributed by atoms with Crippen LogP contribution in [0, 0.1) is 5.41 Å². The summed E-state index contributed by atoms with van der Waals surface area (Å²) < 4.78 is 0. The second-order valence-corrected chi connectivity index (χ2v) is 5.91. The molecule has 0 radical (unpaired) electrons. The van der Waals surface area contributed by atoms with Crippen LogP contribution in [0.5, 0.6) is 0 Å². The normalized spacial score (nSPS) is 20.5. The maximum atomic E-state index is 12.0. The Kier molecular flexibility index (Phi) is 4.01. The van der Waals surface area contributed by atoms with Gasteiger partial charge in [0.2, 0.25) is 5.91 Å². The van der Waals surface area contributed by atoms with E-state index in [2.05, 4.69) is 0 Å². The summed E-state index contributed by atoms with van der Waals surface area (Å²) in [5.74, 6) is 0.0924. The number of nitrogens with zero attached hydrogens (tertiary/aromatic N) is 2. The lowest BCUT2D eigenvalue weighted by molar-refractivity contribution is -0.133. The summed E-state index contributed by atoms with van der Waals surface area (Å²) in [4.78, 5) is 25.8. The molecular weight excluding hydrogens is 220 g/mol. The number of carbonyl (C=O) groups is 2. The number of carbonyl (C=O) groups excluding carboxylic acids is 1. The van der Waals surface area contributed by atoms with Gasteiger partial charge in [0.05, 0.1) is 6.04 Å². The van der Waals surface area contributed by atoms with Crippen molar-refractivity contribution in [3.8, 4) is 0 Å². The zero-order chi connectivity index (χ0) is 13.2. The van der Waals surface area contributed by atoms with Gasteiger partial charge in [-0.15, -0.1) is 0 Å². The SMILES string of the molecule is CN(C(=O)CC(C)(C)C)C1CCN(C(=O)O)C1. The molecule has 17 heavy (non-hydrogen) atoms. The molecule has 0 aromatic carbocycles. The third kappa shape index (κ3) is 3.91. The molecule has 1 saturated heterocycles. The van der Waals surface area contributed by atoms with Crippen molar-refractivity contribution in [3.63, 3.8) is 0 Å². The molecule has 0 aliphatic carbocycles. The van der Waals surface area contributed by atoms with Crippen LogP contribution >= 0.6 is 0 Å². The minimum atomic E-state index is -0.899. The Morgan fingerprint density at radius 1 is 1.41 bits per heavy atom. The molecule has 0 spiro atoms. The Morgan fingerprint density at radius 2 is 2.00 bits per heavy atom. The van der Waals surface area contributed by atoms with Crippen LogP contribution in [-0.4, -0.2) is 53.1 Å². The molecule has 0 aromatic heterocycles. The molecule has 5 heteroatoms. The standard InChI is InChI=1S/C12H22N2O3/c1-12(2,3)7-10(15)13(4)9-5-6-14(8-9)11(16)17/h9H,5-8H2,1-4H3,(H,16,17). The van der Waals surface area contributed by atoms with Gasteiger partial charge >= 0.3 is 6.09 Å². The van der Waals surface area contributed by atoms with Crippen molar-refractivity contribution in [2.75, 3.05) is 20.1 Å². The van der Waals surface area contributed by atoms with Crippen molar-refractivity contribution >= 4 is 12.0 Å². The van der Waals surface area contributed by atoms with E-state index < -0.39 is 6.09 Å². The molecule has 1 aliphatic rings. The predicted octanol–water partition coefficient (Wildman–Crippen LogP) is 1.63.